The van der Waals surface area contributed by atoms with Crippen LogP contribution in [0.2, 0.25) is 0 Å². The van der Waals surface area contributed by atoms with Crippen molar-refractivity contribution in [1.29, 1.82) is 0 Å². The van der Waals surface area contributed by atoms with E-state index in [4.69, 9.17) is 4.74 Å². The summed E-state index contributed by atoms with van der Waals surface area (Å²) in [5.74, 6) is 0. The van der Waals surface area contributed by atoms with Gasteiger partial charge < -0.3 is 9.84 Å². The molecule has 1 unspecified atom stereocenters. The molecule has 0 aliphatic rings. The zero-order valence-electron chi connectivity index (χ0n) is 14.6. The number of carbonyl (C=O) groups is 1. The maximum atomic E-state index is 11.8. The molecular weight excluding hydrogens is 278 g/mol. The molecular formula is C18H29NO3. The number of hydrogen-bond donors (Lipinski definition) is 1. The molecule has 0 aliphatic carbocycles. The van der Waals surface area contributed by atoms with Crippen LogP contribution in [0.15, 0.2) is 18.2 Å². The Balaban J connectivity index is 3.08. The fraction of sp³-hybridized carbons (Fsp3) is 0.611. The molecule has 0 bridgehead atoms. The predicted octanol–water partition coefficient (Wildman–Crippen LogP) is 4.03. The van der Waals surface area contributed by atoms with Gasteiger partial charge in [-0.15, -0.1) is 0 Å². The first kappa shape index (κ1) is 18.5. The van der Waals surface area contributed by atoms with Gasteiger partial charge in [0.25, 0.3) is 0 Å². The minimum Gasteiger partial charge on any atom is -0.465 e. The van der Waals surface area contributed by atoms with Gasteiger partial charge in [0.15, 0.2) is 0 Å². The fourth-order valence-corrected chi connectivity index (χ4v) is 2.80. The second-order valence-electron chi connectivity index (χ2n) is 6.77. The lowest BCUT2D eigenvalue weighted by atomic mass is 9.96. The molecule has 0 aliphatic heterocycles. The van der Waals surface area contributed by atoms with Crippen LogP contribution in [0.25, 0.3) is 0 Å². The van der Waals surface area contributed by atoms with Crippen molar-refractivity contribution >= 4 is 6.09 Å². The van der Waals surface area contributed by atoms with E-state index < -0.39 is 11.6 Å². The highest BCUT2D eigenvalue weighted by molar-refractivity contribution is 5.66. The molecule has 0 fully saturated rings. The van der Waals surface area contributed by atoms with Crippen molar-refractivity contribution in [3.8, 4) is 0 Å². The third-order valence-electron chi connectivity index (χ3n) is 3.76. The molecule has 22 heavy (non-hydrogen) atoms. The van der Waals surface area contributed by atoms with Crippen LogP contribution in [-0.4, -0.2) is 40.9 Å². The zero-order chi connectivity index (χ0) is 16.9. The number of ether oxygens (including phenoxy) is 1. The SMILES string of the molecule is CCOCC(Cc1ccc(C)cc1C)N(C(=O)O)C(C)(C)C. The third-order valence-corrected chi connectivity index (χ3v) is 3.76. The molecule has 1 N–H and O–H groups in total. The third kappa shape index (κ3) is 5.02. The van der Waals surface area contributed by atoms with Crippen molar-refractivity contribution in [1.82, 2.24) is 4.90 Å². The summed E-state index contributed by atoms with van der Waals surface area (Å²) in [7, 11) is 0. The van der Waals surface area contributed by atoms with Gasteiger partial charge in [-0.3, -0.25) is 4.90 Å². The average molecular weight is 307 g/mol. The lowest BCUT2D eigenvalue weighted by molar-refractivity contribution is 0.0235. The Bertz CT molecular complexity index is 506. The quantitative estimate of drug-likeness (QED) is 0.863. The Kier molecular flexibility index (Phi) is 6.42. The first-order valence-electron chi connectivity index (χ1n) is 7.83. The van der Waals surface area contributed by atoms with Gasteiger partial charge in [-0.25, -0.2) is 4.79 Å². The van der Waals surface area contributed by atoms with Crippen LogP contribution >= 0.6 is 0 Å². The highest BCUT2D eigenvalue weighted by Gasteiger charge is 2.33. The van der Waals surface area contributed by atoms with E-state index in [1.807, 2.05) is 27.7 Å². The molecule has 0 saturated carbocycles. The summed E-state index contributed by atoms with van der Waals surface area (Å²) in [6.45, 7) is 12.8. The molecule has 1 rings (SSSR count). The van der Waals surface area contributed by atoms with Crippen molar-refractivity contribution in [2.24, 2.45) is 0 Å². The van der Waals surface area contributed by atoms with Crippen LogP contribution in [0.4, 0.5) is 4.79 Å². The number of rotatable bonds is 6. The topological polar surface area (TPSA) is 49.8 Å². The summed E-state index contributed by atoms with van der Waals surface area (Å²) in [6.07, 6.45) is -0.239. The minimum absolute atomic E-state index is 0.196. The van der Waals surface area contributed by atoms with Gasteiger partial charge in [-0.1, -0.05) is 23.8 Å². The molecule has 124 valence electrons. The molecule has 1 atom stereocenters. The van der Waals surface area contributed by atoms with E-state index in [9.17, 15) is 9.90 Å². The smallest absolute Gasteiger partial charge is 0.408 e. The molecule has 4 heteroatoms. The number of hydrogen-bond acceptors (Lipinski definition) is 2. The van der Waals surface area contributed by atoms with E-state index in [-0.39, 0.29) is 6.04 Å². The first-order chi connectivity index (χ1) is 10.2. The maximum absolute atomic E-state index is 11.8. The van der Waals surface area contributed by atoms with Crippen LogP contribution < -0.4 is 0 Å². The molecule has 0 aromatic heterocycles. The van der Waals surface area contributed by atoms with E-state index in [1.54, 1.807) is 0 Å². The zero-order valence-corrected chi connectivity index (χ0v) is 14.6. The van der Waals surface area contributed by atoms with Crippen molar-refractivity contribution in [3.63, 3.8) is 0 Å². The Morgan fingerprint density at radius 3 is 2.41 bits per heavy atom. The van der Waals surface area contributed by atoms with E-state index in [2.05, 4.69) is 32.0 Å². The number of aryl methyl sites for hydroxylation is 2. The van der Waals surface area contributed by atoms with Crippen LogP contribution in [0.3, 0.4) is 0 Å². The number of benzene rings is 1. The second kappa shape index (κ2) is 7.63. The van der Waals surface area contributed by atoms with Gasteiger partial charge in [0.1, 0.15) is 0 Å². The Hall–Kier alpha value is -1.55. The molecule has 1 aromatic rings. The Morgan fingerprint density at radius 2 is 1.95 bits per heavy atom. The van der Waals surface area contributed by atoms with Gasteiger partial charge >= 0.3 is 6.09 Å². The van der Waals surface area contributed by atoms with Gasteiger partial charge in [0.05, 0.1) is 12.6 Å². The summed E-state index contributed by atoms with van der Waals surface area (Å²) < 4.78 is 5.55. The predicted molar refractivity (Wildman–Crippen MR) is 89.5 cm³/mol. The normalized spacial score (nSPS) is 13.0. The second-order valence-corrected chi connectivity index (χ2v) is 6.77. The van der Waals surface area contributed by atoms with Gasteiger partial charge in [-0.05, 0) is 59.1 Å². The van der Waals surface area contributed by atoms with Crippen molar-refractivity contribution in [2.45, 2.75) is 59.5 Å². The van der Waals surface area contributed by atoms with E-state index >= 15 is 0 Å². The average Bonchev–Trinajstić information content (AvgIpc) is 2.36. The van der Waals surface area contributed by atoms with Gasteiger partial charge in [-0.2, -0.15) is 0 Å². The molecule has 1 aromatic carbocycles. The number of amides is 1. The van der Waals surface area contributed by atoms with Crippen LogP contribution in [0, 0.1) is 13.8 Å². The highest BCUT2D eigenvalue weighted by Crippen LogP contribution is 2.22. The van der Waals surface area contributed by atoms with E-state index in [0.717, 1.165) is 0 Å². The standard InChI is InChI=1S/C18H29NO3/c1-7-22-12-16(19(17(20)21)18(4,5)6)11-15-9-8-13(2)10-14(15)3/h8-10,16H,7,11-12H2,1-6H3,(H,20,21). The van der Waals surface area contributed by atoms with Crippen LogP contribution in [-0.2, 0) is 11.2 Å². The van der Waals surface area contributed by atoms with Gasteiger partial charge in [0, 0.05) is 12.1 Å². The summed E-state index contributed by atoms with van der Waals surface area (Å²) in [4.78, 5) is 13.3. The van der Waals surface area contributed by atoms with Crippen LogP contribution in [0.1, 0.15) is 44.4 Å². The van der Waals surface area contributed by atoms with Crippen LogP contribution in [0.5, 0.6) is 0 Å². The first-order valence-corrected chi connectivity index (χ1v) is 7.83. The largest absolute Gasteiger partial charge is 0.465 e. The summed E-state index contributed by atoms with van der Waals surface area (Å²) in [6, 6.07) is 6.10. The maximum Gasteiger partial charge on any atom is 0.408 e. The van der Waals surface area contributed by atoms with Crippen molar-refractivity contribution in [3.05, 3.63) is 34.9 Å². The van der Waals surface area contributed by atoms with E-state index in [0.29, 0.717) is 19.6 Å². The van der Waals surface area contributed by atoms with E-state index in [1.165, 1.54) is 21.6 Å². The lowest BCUT2D eigenvalue weighted by Crippen LogP contribution is -2.53. The van der Waals surface area contributed by atoms with Crippen molar-refractivity contribution in [2.75, 3.05) is 13.2 Å². The molecule has 4 nitrogen and oxygen atoms in total. The summed E-state index contributed by atoms with van der Waals surface area (Å²) >= 11 is 0. The van der Waals surface area contributed by atoms with Crippen molar-refractivity contribution < 1.29 is 14.6 Å². The molecule has 0 heterocycles. The minimum atomic E-state index is -0.901. The fourth-order valence-electron chi connectivity index (χ4n) is 2.80. The molecule has 0 radical (unpaired) electrons. The summed E-state index contributed by atoms with van der Waals surface area (Å²) in [5, 5.41) is 9.64. The molecule has 1 amide bonds. The lowest BCUT2D eigenvalue weighted by Gasteiger charge is -2.39. The monoisotopic (exact) mass is 307 g/mol. The number of nitrogens with zero attached hydrogens (tertiary/aromatic N) is 1. The summed E-state index contributed by atoms with van der Waals surface area (Å²) in [5.41, 5.74) is 3.12. The Labute approximate surface area is 134 Å². The highest BCUT2D eigenvalue weighted by atomic mass is 16.5. The molecule has 0 spiro atoms. The Morgan fingerprint density at radius 1 is 1.32 bits per heavy atom. The number of carboxylic acid groups (broad SMARTS) is 1. The van der Waals surface area contributed by atoms with Gasteiger partial charge in [0.2, 0.25) is 0 Å². The molecule has 0 saturated heterocycles.